The van der Waals surface area contributed by atoms with Crippen LogP contribution in [0.25, 0.3) is 0 Å². The van der Waals surface area contributed by atoms with Crippen molar-refractivity contribution in [1.82, 2.24) is 4.31 Å². The number of nitriles is 1. The van der Waals surface area contributed by atoms with Crippen LogP contribution in [0.3, 0.4) is 0 Å². The van der Waals surface area contributed by atoms with Gasteiger partial charge in [-0.2, -0.15) is 9.57 Å². The highest BCUT2D eigenvalue weighted by atomic mass is 32.2. The summed E-state index contributed by atoms with van der Waals surface area (Å²) in [7, 11) is -6.62. The van der Waals surface area contributed by atoms with Gasteiger partial charge < -0.3 is 0 Å². The number of rotatable bonds is 2. The van der Waals surface area contributed by atoms with Gasteiger partial charge in [-0.15, -0.1) is 0 Å². The Bertz CT molecular complexity index is 562. The number of hydrogen-bond acceptors (Lipinski definition) is 5. The minimum atomic E-state index is -3.55. The molecule has 0 aliphatic carbocycles. The van der Waals surface area contributed by atoms with Crippen LogP contribution >= 0.6 is 0 Å². The molecule has 0 aromatic carbocycles. The van der Waals surface area contributed by atoms with Gasteiger partial charge in [-0.1, -0.05) is 0 Å². The fourth-order valence-corrected chi connectivity index (χ4v) is 6.59. The van der Waals surface area contributed by atoms with E-state index in [2.05, 4.69) is 0 Å². The Labute approximate surface area is 114 Å². The van der Waals surface area contributed by atoms with Crippen molar-refractivity contribution in [2.75, 3.05) is 18.1 Å². The van der Waals surface area contributed by atoms with Crippen molar-refractivity contribution in [3.05, 3.63) is 0 Å². The molecular weight excluding hydrogens is 288 g/mol. The molecule has 2 fully saturated rings. The van der Waals surface area contributed by atoms with Crippen molar-refractivity contribution in [3.8, 4) is 6.07 Å². The van der Waals surface area contributed by atoms with Gasteiger partial charge in [0.2, 0.25) is 10.0 Å². The quantitative estimate of drug-likeness (QED) is 0.730. The highest BCUT2D eigenvalue weighted by Crippen LogP contribution is 2.27. The van der Waals surface area contributed by atoms with Gasteiger partial charge in [0, 0.05) is 6.54 Å². The first-order valence-corrected chi connectivity index (χ1v) is 9.80. The van der Waals surface area contributed by atoms with Crippen LogP contribution in [-0.2, 0) is 19.9 Å². The summed E-state index contributed by atoms with van der Waals surface area (Å²) in [6.45, 7) is 0.379. The Balaban J connectivity index is 2.16. The van der Waals surface area contributed by atoms with E-state index in [0.717, 1.165) is 12.8 Å². The second-order valence-electron chi connectivity index (χ2n) is 5.15. The van der Waals surface area contributed by atoms with Gasteiger partial charge >= 0.3 is 0 Å². The van der Waals surface area contributed by atoms with E-state index >= 15 is 0 Å². The summed E-state index contributed by atoms with van der Waals surface area (Å²) < 4.78 is 49.0. The zero-order valence-corrected chi connectivity index (χ0v) is 12.3. The van der Waals surface area contributed by atoms with E-state index in [4.69, 9.17) is 5.26 Å². The molecule has 0 aromatic rings. The van der Waals surface area contributed by atoms with Crippen LogP contribution in [0.5, 0.6) is 0 Å². The van der Waals surface area contributed by atoms with Gasteiger partial charge in [0.25, 0.3) is 0 Å². The molecule has 19 heavy (non-hydrogen) atoms. The molecule has 108 valence electrons. The lowest BCUT2D eigenvalue weighted by Gasteiger charge is -2.34. The first-order valence-electron chi connectivity index (χ1n) is 6.47. The SMILES string of the molecule is N#CC1CCCCN1S(=O)(=O)C1CCS(=O)(=O)CC1. The van der Waals surface area contributed by atoms with Crippen molar-refractivity contribution in [1.29, 1.82) is 5.26 Å². The fourth-order valence-electron chi connectivity index (χ4n) is 2.70. The summed E-state index contributed by atoms with van der Waals surface area (Å²) in [6, 6.07) is 1.46. The summed E-state index contributed by atoms with van der Waals surface area (Å²) in [6.07, 6.45) is 2.51. The summed E-state index contributed by atoms with van der Waals surface area (Å²) in [5.74, 6) is -0.135. The third-order valence-electron chi connectivity index (χ3n) is 3.85. The normalized spacial score (nSPS) is 29.7. The number of hydrogen-bond donors (Lipinski definition) is 0. The van der Waals surface area contributed by atoms with E-state index in [1.807, 2.05) is 6.07 Å². The molecule has 8 heteroatoms. The van der Waals surface area contributed by atoms with E-state index in [0.29, 0.717) is 13.0 Å². The monoisotopic (exact) mass is 306 g/mol. The molecule has 2 aliphatic heterocycles. The van der Waals surface area contributed by atoms with Crippen LogP contribution in [0.15, 0.2) is 0 Å². The Morgan fingerprint density at radius 2 is 1.74 bits per heavy atom. The number of sulfonamides is 1. The molecule has 1 unspecified atom stereocenters. The number of sulfone groups is 1. The summed E-state index contributed by atoms with van der Waals surface area (Å²) in [5.41, 5.74) is 0. The Hall–Kier alpha value is -0.650. The summed E-state index contributed by atoms with van der Waals surface area (Å²) in [4.78, 5) is 0. The van der Waals surface area contributed by atoms with E-state index in [-0.39, 0.29) is 24.3 Å². The standard InChI is InChI=1S/C11H18N2O4S2/c12-9-10-3-1-2-6-13(10)19(16,17)11-4-7-18(14,15)8-5-11/h10-11H,1-8H2. The van der Waals surface area contributed by atoms with Crippen LogP contribution in [0.1, 0.15) is 32.1 Å². The molecule has 6 nitrogen and oxygen atoms in total. The van der Waals surface area contributed by atoms with Gasteiger partial charge in [0.1, 0.15) is 15.9 Å². The van der Waals surface area contributed by atoms with Crippen LogP contribution in [0.2, 0.25) is 0 Å². The van der Waals surface area contributed by atoms with Crippen molar-refractivity contribution in [2.24, 2.45) is 0 Å². The topological polar surface area (TPSA) is 95.3 Å². The van der Waals surface area contributed by atoms with Crippen molar-refractivity contribution >= 4 is 19.9 Å². The van der Waals surface area contributed by atoms with Crippen molar-refractivity contribution in [3.63, 3.8) is 0 Å². The van der Waals surface area contributed by atoms with E-state index in [9.17, 15) is 16.8 Å². The van der Waals surface area contributed by atoms with Crippen LogP contribution in [-0.4, -0.2) is 50.5 Å². The molecule has 0 spiro atoms. The van der Waals surface area contributed by atoms with E-state index in [1.54, 1.807) is 0 Å². The molecule has 2 aliphatic rings. The molecule has 0 N–H and O–H groups in total. The predicted octanol–water partition coefficient (Wildman–Crippen LogP) is 0.271. The van der Waals surface area contributed by atoms with Gasteiger partial charge in [-0.3, -0.25) is 0 Å². The minimum absolute atomic E-state index is 0.0675. The maximum Gasteiger partial charge on any atom is 0.218 e. The largest absolute Gasteiger partial charge is 0.229 e. The molecule has 0 saturated carbocycles. The van der Waals surface area contributed by atoms with Gasteiger partial charge in [-0.25, -0.2) is 16.8 Å². The molecule has 2 rings (SSSR count). The van der Waals surface area contributed by atoms with Crippen LogP contribution < -0.4 is 0 Å². The van der Waals surface area contributed by atoms with Crippen molar-refractivity contribution in [2.45, 2.75) is 43.4 Å². The summed E-state index contributed by atoms with van der Waals surface area (Å²) >= 11 is 0. The minimum Gasteiger partial charge on any atom is -0.229 e. The zero-order valence-electron chi connectivity index (χ0n) is 10.7. The Morgan fingerprint density at radius 1 is 1.11 bits per heavy atom. The molecule has 1 atom stereocenters. The van der Waals surface area contributed by atoms with E-state index in [1.165, 1.54) is 4.31 Å². The number of piperidine rings is 1. The third kappa shape index (κ3) is 3.09. The molecule has 0 amide bonds. The second-order valence-corrected chi connectivity index (χ2v) is 9.62. The van der Waals surface area contributed by atoms with Gasteiger partial charge in [-0.05, 0) is 32.1 Å². The fraction of sp³-hybridized carbons (Fsp3) is 0.909. The molecule has 2 heterocycles. The maximum absolute atomic E-state index is 12.5. The lowest BCUT2D eigenvalue weighted by molar-refractivity contribution is 0.292. The molecule has 2 saturated heterocycles. The zero-order chi connectivity index (χ0) is 14.1. The molecule has 0 radical (unpaired) electrons. The second kappa shape index (κ2) is 5.38. The smallest absolute Gasteiger partial charge is 0.218 e. The summed E-state index contributed by atoms with van der Waals surface area (Å²) in [5, 5.41) is 8.41. The molecule has 0 aromatic heterocycles. The lowest BCUT2D eigenvalue weighted by atomic mass is 10.1. The molecular formula is C11H18N2O4S2. The van der Waals surface area contributed by atoms with Gasteiger partial charge in [0.05, 0.1) is 22.8 Å². The van der Waals surface area contributed by atoms with Crippen molar-refractivity contribution < 1.29 is 16.8 Å². The molecule has 0 bridgehead atoms. The van der Waals surface area contributed by atoms with Crippen LogP contribution in [0.4, 0.5) is 0 Å². The van der Waals surface area contributed by atoms with E-state index < -0.39 is 31.2 Å². The third-order valence-corrected chi connectivity index (χ3v) is 7.97. The first kappa shape index (κ1) is 14.8. The van der Waals surface area contributed by atoms with Gasteiger partial charge in [0.15, 0.2) is 0 Å². The maximum atomic E-state index is 12.5. The predicted molar refractivity (Wildman–Crippen MR) is 70.6 cm³/mol. The first-order chi connectivity index (χ1) is 8.87. The average molecular weight is 306 g/mol. The Kier molecular flexibility index (Phi) is 4.18. The highest BCUT2D eigenvalue weighted by molar-refractivity contribution is 7.92. The lowest BCUT2D eigenvalue weighted by Crippen LogP contribution is -2.48. The van der Waals surface area contributed by atoms with Crippen LogP contribution in [0, 0.1) is 11.3 Å². The average Bonchev–Trinajstić information content (AvgIpc) is 2.38. The Morgan fingerprint density at radius 3 is 2.32 bits per heavy atom. The highest BCUT2D eigenvalue weighted by Gasteiger charge is 2.40. The number of nitrogens with zero attached hydrogens (tertiary/aromatic N) is 2.